The zero-order valence-corrected chi connectivity index (χ0v) is 14.9. The number of allylic oxidation sites excluding steroid dienone is 6. The molecular formula is C20H26O2S. The Bertz CT molecular complexity index is 596. The lowest BCUT2D eigenvalue weighted by atomic mass is 10.2. The lowest BCUT2D eigenvalue weighted by Crippen LogP contribution is -1.81. The van der Waals surface area contributed by atoms with Gasteiger partial charge in [0.25, 0.3) is 0 Å². The van der Waals surface area contributed by atoms with E-state index in [1.807, 2.05) is 51.1 Å². The Balaban J connectivity index is 0.00000149. The molecule has 0 aliphatic heterocycles. The van der Waals surface area contributed by atoms with E-state index in [1.54, 1.807) is 30.0 Å². The predicted molar refractivity (Wildman–Crippen MR) is 103 cm³/mol. The summed E-state index contributed by atoms with van der Waals surface area (Å²) in [5, 5.41) is 18.7. The molecule has 0 aliphatic rings. The third kappa shape index (κ3) is 8.79. The summed E-state index contributed by atoms with van der Waals surface area (Å²) < 4.78 is 0. The number of phenolic OH excluding ortho intramolecular Hbond substituents is 1. The number of hydrogen-bond donors (Lipinski definition) is 2. The summed E-state index contributed by atoms with van der Waals surface area (Å²) in [4.78, 5) is 2.06. The summed E-state index contributed by atoms with van der Waals surface area (Å²) in [7, 11) is 0. The molecule has 0 fully saturated rings. The molecule has 3 heteroatoms. The Labute approximate surface area is 144 Å². The number of aliphatic hydroxyl groups excluding tert-OH is 1. The van der Waals surface area contributed by atoms with Gasteiger partial charge < -0.3 is 10.2 Å². The van der Waals surface area contributed by atoms with Crippen molar-refractivity contribution in [1.29, 1.82) is 0 Å². The number of benzene rings is 1. The highest BCUT2D eigenvalue weighted by atomic mass is 32.2. The Morgan fingerprint density at radius 1 is 1.26 bits per heavy atom. The Hall–Kier alpha value is -2.13. The summed E-state index contributed by atoms with van der Waals surface area (Å²) in [5.41, 5.74) is 1.65. The second kappa shape index (κ2) is 12.4. The lowest BCUT2D eigenvalue weighted by Gasteiger charge is -2.06. The quantitative estimate of drug-likeness (QED) is 0.272. The van der Waals surface area contributed by atoms with Gasteiger partial charge in [0, 0.05) is 9.80 Å². The monoisotopic (exact) mass is 330 g/mol. The number of aliphatic hydroxyl groups is 1. The summed E-state index contributed by atoms with van der Waals surface area (Å²) in [6.45, 7) is 12.7. The molecule has 2 N–H and O–H groups in total. The van der Waals surface area contributed by atoms with Crippen molar-refractivity contribution in [2.75, 3.05) is 0 Å². The Kier molecular flexibility index (Phi) is 11.3. The number of phenols is 1. The molecular weight excluding hydrogens is 304 g/mol. The summed E-state index contributed by atoms with van der Waals surface area (Å²) in [5.74, 6) is 0.300. The molecule has 0 saturated heterocycles. The van der Waals surface area contributed by atoms with Crippen molar-refractivity contribution in [3.05, 3.63) is 84.0 Å². The van der Waals surface area contributed by atoms with Crippen LogP contribution in [-0.4, -0.2) is 10.2 Å². The van der Waals surface area contributed by atoms with Gasteiger partial charge in [0.05, 0.1) is 6.26 Å². The van der Waals surface area contributed by atoms with E-state index in [1.165, 1.54) is 0 Å². The van der Waals surface area contributed by atoms with Gasteiger partial charge in [-0.2, -0.15) is 0 Å². The average molecular weight is 330 g/mol. The van der Waals surface area contributed by atoms with Gasteiger partial charge in [-0.25, -0.2) is 0 Å². The van der Waals surface area contributed by atoms with Crippen molar-refractivity contribution in [2.24, 2.45) is 0 Å². The first-order valence-corrected chi connectivity index (χ1v) is 8.17. The van der Waals surface area contributed by atoms with E-state index in [0.29, 0.717) is 12.2 Å². The van der Waals surface area contributed by atoms with Gasteiger partial charge >= 0.3 is 0 Å². The highest BCUT2D eigenvalue weighted by Gasteiger charge is 2.02. The molecule has 0 amide bonds. The van der Waals surface area contributed by atoms with Crippen molar-refractivity contribution >= 4 is 11.8 Å². The molecule has 1 aromatic carbocycles. The summed E-state index contributed by atoms with van der Waals surface area (Å²) in [6, 6.07) is 5.50. The van der Waals surface area contributed by atoms with Crippen LogP contribution >= 0.6 is 11.8 Å². The maximum atomic E-state index is 9.54. The van der Waals surface area contributed by atoms with Gasteiger partial charge in [-0.05, 0) is 62.6 Å². The normalized spacial score (nSPS) is 11.8. The van der Waals surface area contributed by atoms with Crippen molar-refractivity contribution in [3.63, 3.8) is 0 Å². The predicted octanol–water partition coefficient (Wildman–Crippen LogP) is 6.46. The number of rotatable bonds is 6. The van der Waals surface area contributed by atoms with Crippen molar-refractivity contribution in [1.82, 2.24) is 0 Å². The largest absolute Gasteiger partial charge is 0.515 e. The molecule has 0 aliphatic carbocycles. The standard InChI is InChI=1S/C17H20O2S.C3H6/c1-4-6-14(12-18)11-15(7-5-2)20-16-8-9-17(19)13(3)10-16;1-3-2/h4-5,7-12,18-19H,1,6H2,2-3H3;3H,1H2,2H3/b7-5-,14-12+,15-11+;. The minimum Gasteiger partial charge on any atom is -0.515 e. The van der Waals surface area contributed by atoms with E-state index in [2.05, 4.69) is 13.2 Å². The van der Waals surface area contributed by atoms with E-state index in [-0.39, 0.29) is 0 Å². The minimum atomic E-state index is 0.300. The highest BCUT2D eigenvalue weighted by Crippen LogP contribution is 2.31. The first-order chi connectivity index (χ1) is 11.0. The van der Waals surface area contributed by atoms with Crippen molar-refractivity contribution < 1.29 is 10.2 Å². The minimum absolute atomic E-state index is 0.300. The van der Waals surface area contributed by atoms with Gasteiger partial charge in [-0.15, -0.1) is 13.2 Å². The molecule has 124 valence electrons. The number of thioether (sulfide) groups is 1. The Morgan fingerprint density at radius 2 is 1.91 bits per heavy atom. The van der Waals surface area contributed by atoms with Crippen LogP contribution in [0.5, 0.6) is 5.75 Å². The number of aromatic hydroxyl groups is 1. The van der Waals surface area contributed by atoms with Crippen LogP contribution in [0.4, 0.5) is 0 Å². The maximum Gasteiger partial charge on any atom is 0.118 e. The van der Waals surface area contributed by atoms with Gasteiger partial charge in [-0.3, -0.25) is 0 Å². The fourth-order valence-electron chi connectivity index (χ4n) is 1.60. The third-order valence-electron chi connectivity index (χ3n) is 2.61. The van der Waals surface area contributed by atoms with Crippen LogP contribution in [0.2, 0.25) is 0 Å². The molecule has 0 unspecified atom stereocenters. The molecule has 0 saturated carbocycles. The fraction of sp³-hybridized carbons (Fsp3) is 0.200. The molecule has 1 rings (SSSR count). The van der Waals surface area contributed by atoms with E-state index in [9.17, 15) is 10.2 Å². The second-order valence-electron chi connectivity index (χ2n) is 4.70. The zero-order valence-electron chi connectivity index (χ0n) is 14.1. The summed E-state index contributed by atoms with van der Waals surface area (Å²) in [6.07, 6.45) is 11.1. The van der Waals surface area contributed by atoms with Gasteiger partial charge in [0.1, 0.15) is 5.75 Å². The van der Waals surface area contributed by atoms with Crippen molar-refractivity contribution in [2.45, 2.75) is 32.1 Å². The molecule has 0 bridgehead atoms. The topological polar surface area (TPSA) is 40.5 Å². The van der Waals surface area contributed by atoms with Gasteiger partial charge in [0.2, 0.25) is 0 Å². The molecule has 2 nitrogen and oxygen atoms in total. The van der Waals surface area contributed by atoms with E-state index < -0.39 is 0 Å². The molecule has 0 atom stereocenters. The fourth-order valence-corrected chi connectivity index (χ4v) is 2.66. The average Bonchev–Trinajstić information content (AvgIpc) is 2.51. The van der Waals surface area contributed by atoms with Crippen molar-refractivity contribution in [3.8, 4) is 5.75 Å². The van der Waals surface area contributed by atoms with E-state index >= 15 is 0 Å². The highest BCUT2D eigenvalue weighted by molar-refractivity contribution is 8.03. The van der Waals surface area contributed by atoms with Crippen LogP contribution in [0.1, 0.15) is 25.8 Å². The van der Waals surface area contributed by atoms with Crippen LogP contribution in [0.15, 0.2) is 83.4 Å². The van der Waals surface area contributed by atoms with Gasteiger partial charge in [-0.1, -0.05) is 36.1 Å². The number of aryl methyl sites for hydroxylation is 1. The van der Waals surface area contributed by atoms with E-state index in [4.69, 9.17) is 0 Å². The van der Waals surface area contributed by atoms with Crippen LogP contribution in [-0.2, 0) is 0 Å². The molecule has 23 heavy (non-hydrogen) atoms. The molecule has 0 spiro atoms. The summed E-state index contributed by atoms with van der Waals surface area (Å²) >= 11 is 1.58. The first kappa shape index (κ1) is 20.9. The van der Waals surface area contributed by atoms with Crippen LogP contribution in [0, 0.1) is 6.92 Å². The molecule has 0 aromatic heterocycles. The Morgan fingerprint density at radius 3 is 2.39 bits per heavy atom. The number of hydrogen-bond acceptors (Lipinski definition) is 3. The van der Waals surface area contributed by atoms with E-state index in [0.717, 1.165) is 27.2 Å². The van der Waals surface area contributed by atoms with Gasteiger partial charge in [0.15, 0.2) is 0 Å². The molecule has 0 radical (unpaired) electrons. The smallest absolute Gasteiger partial charge is 0.118 e. The molecule has 0 heterocycles. The maximum absolute atomic E-state index is 9.54. The lowest BCUT2D eigenvalue weighted by molar-refractivity contribution is 0.468. The third-order valence-corrected chi connectivity index (χ3v) is 3.59. The SMILES string of the molecule is C=CC.C=CCC(=C\O)/C=C(\C=C/C)Sc1ccc(O)c(C)c1. The second-order valence-corrected chi connectivity index (χ2v) is 5.85. The zero-order chi connectivity index (χ0) is 17.7. The van der Waals surface area contributed by atoms with Crippen LogP contribution in [0.3, 0.4) is 0 Å². The first-order valence-electron chi connectivity index (χ1n) is 7.35. The molecule has 1 aromatic rings. The van der Waals surface area contributed by atoms with Crippen LogP contribution in [0.25, 0.3) is 0 Å². The van der Waals surface area contributed by atoms with Crippen LogP contribution < -0.4 is 0 Å².